The SMILES string of the molecule is COc1ccc(S(C)(=O)=NCc2cccc(-c3noc(C)n3)c2)cc1. The zero-order chi connectivity index (χ0) is 17.9. The fraction of sp³-hybridized carbons (Fsp3) is 0.222. The average Bonchev–Trinajstić information content (AvgIpc) is 3.07. The van der Waals surface area contributed by atoms with Crippen LogP contribution in [0.4, 0.5) is 0 Å². The number of aryl methyl sites for hydroxylation is 1. The van der Waals surface area contributed by atoms with E-state index in [4.69, 9.17) is 9.26 Å². The molecule has 2 aromatic carbocycles. The van der Waals surface area contributed by atoms with Crippen LogP contribution in [0.2, 0.25) is 0 Å². The quantitative estimate of drug-likeness (QED) is 0.695. The molecule has 0 saturated heterocycles. The minimum atomic E-state index is -2.49. The molecule has 0 fully saturated rings. The lowest BCUT2D eigenvalue weighted by atomic mass is 10.1. The van der Waals surface area contributed by atoms with Crippen LogP contribution in [0.5, 0.6) is 5.75 Å². The standard InChI is InChI=1S/C18H19N3O3S/c1-13-20-18(21-24-13)15-6-4-5-14(11-15)12-19-25(3,22)17-9-7-16(23-2)8-10-17/h4-11H,12H2,1-3H3. The van der Waals surface area contributed by atoms with Crippen molar-refractivity contribution in [3.05, 3.63) is 60.0 Å². The van der Waals surface area contributed by atoms with Gasteiger partial charge in [0.1, 0.15) is 5.75 Å². The van der Waals surface area contributed by atoms with Crippen molar-refractivity contribution in [3.63, 3.8) is 0 Å². The monoisotopic (exact) mass is 357 g/mol. The van der Waals surface area contributed by atoms with Crippen LogP contribution in [-0.2, 0) is 16.3 Å². The second-order valence-corrected chi connectivity index (χ2v) is 7.94. The highest BCUT2D eigenvalue weighted by atomic mass is 32.2. The summed E-state index contributed by atoms with van der Waals surface area (Å²) in [4.78, 5) is 4.90. The molecule has 0 radical (unpaired) electrons. The fourth-order valence-corrected chi connectivity index (χ4v) is 3.51. The predicted octanol–water partition coefficient (Wildman–Crippen LogP) is 3.71. The second kappa shape index (κ2) is 7.06. The van der Waals surface area contributed by atoms with Gasteiger partial charge in [0.2, 0.25) is 11.7 Å². The Morgan fingerprint density at radius 3 is 2.60 bits per heavy atom. The molecule has 0 spiro atoms. The van der Waals surface area contributed by atoms with E-state index in [1.165, 1.54) is 0 Å². The minimum absolute atomic E-state index is 0.339. The maximum Gasteiger partial charge on any atom is 0.223 e. The van der Waals surface area contributed by atoms with Gasteiger partial charge in [0.25, 0.3) is 0 Å². The molecule has 0 bridgehead atoms. The molecule has 0 aliphatic rings. The highest BCUT2D eigenvalue weighted by Crippen LogP contribution is 2.20. The van der Waals surface area contributed by atoms with Gasteiger partial charge < -0.3 is 9.26 Å². The van der Waals surface area contributed by atoms with Gasteiger partial charge in [0.05, 0.1) is 23.4 Å². The lowest BCUT2D eigenvalue weighted by Crippen LogP contribution is -1.99. The van der Waals surface area contributed by atoms with Crippen LogP contribution in [0.25, 0.3) is 11.4 Å². The van der Waals surface area contributed by atoms with Gasteiger partial charge in [-0.1, -0.05) is 23.4 Å². The van der Waals surface area contributed by atoms with Crippen LogP contribution in [0.3, 0.4) is 0 Å². The normalized spacial score (nSPS) is 13.2. The number of ether oxygens (including phenoxy) is 1. The summed E-state index contributed by atoms with van der Waals surface area (Å²) in [6.45, 7) is 2.09. The van der Waals surface area contributed by atoms with Crippen molar-refractivity contribution in [3.8, 4) is 17.1 Å². The number of benzene rings is 2. The summed E-state index contributed by atoms with van der Waals surface area (Å²) in [6.07, 6.45) is 1.64. The number of hydrogen-bond donors (Lipinski definition) is 0. The van der Waals surface area contributed by atoms with Gasteiger partial charge in [0.15, 0.2) is 0 Å². The summed E-state index contributed by atoms with van der Waals surface area (Å²) in [6, 6.07) is 14.8. The number of aromatic nitrogens is 2. The van der Waals surface area contributed by atoms with Gasteiger partial charge in [-0.2, -0.15) is 4.98 Å². The highest BCUT2D eigenvalue weighted by Gasteiger charge is 2.08. The first kappa shape index (κ1) is 17.2. The molecular weight excluding hydrogens is 338 g/mol. The molecule has 0 saturated carbocycles. The first-order valence-electron chi connectivity index (χ1n) is 7.69. The van der Waals surface area contributed by atoms with Crippen LogP contribution in [-0.4, -0.2) is 27.7 Å². The molecule has 3 aromatic rings. The molecule has 0 N–H and O–H groups in total. The van der Waals surface area contributed by atoms with Crippen molar-refractivity contribution < 1.29 is 13.5 Å². The van der Waals surface area contributed by atoms with Gasteiger partial charge >= 0.3 is 0 Å². The van der Waals surface area contributed by atoms with Crippen LogP contribution in [0.1, 0.15) is 11.5 Å². The Balaban J connectivity index is 1.84. The molecular formula is C18H19N3O3S. The third-order valence-corrected chi connectivity index (χ3v) is 5.47. The van der Waals surface area contributed by atoms with Crippen LogP contribution >= 0.6 is 0 Å². The van der Waals surface area contributed by atoms with E-state index in [-0.39, 0.29) is 0 Å². The Kier molecular flexibility index (Phi) is 4.85. The van der Waals surface area contributed by atoms with Crippen molar-refractivity contribution >= 4 is 9.73 Å². The molecule has 3 rings (SSSR count). The highest BCUT2D eigenvalue weighted by molar-refractivity contribution is 7.93. The molecule has 1 heterocycles. The largest absolute Gasteiger partial charge is 0.497 e. The van der Waals surface area contributed by atoms with Crippen molar-refractivity contribution in [2.45, 2.75) is 18.4 Å². The zero-order valence-electron chi connectivity index (χ0n) is 14.3. The number of rotatable bonds is 5. The van der Waals surface area contributed by atoms with Crippen LogP contribution < -0.4 is 4.74 Å². The Labute approximate surface area is 147 Å². The Morgan fingerprint density at radius 1 is 1.20 bits per heavy atom. The van der Waals surface area contributed by atoms with Gasteiger partial charge in [-0.25, -0.2) is 8.57 Å². The molecule has 0 aliphatic heterocycles. The van der Waals surface area contributed by atoms with E-state index in [2.05, 4.69) is 14.5 Å². The molecule has 25 heavy (non-hydrogen) atoms. The van der Waals surface area contributed by atoms with Crippen molar-refractivity contribution in [1.82, 2.24) is 10.1 Å². The molecule has 130 valence electrons. The second-order valence-electron chi connectivity index (χ2n) is 5.60. The van der Waals surface area contributed by atoms with E-state index in [1.54, 1.807) is 44.6 Å². The van der Waals surface area contributed by atoms with Crippen LogP contribution in [0, 0.1) is 6.92 Å². The molecule has 1 aromatic heterocycles. The third kappa shape index (κ3) is 4.06. The molecule has 1 atom stereocenters. The number of methoxy groups -OCH3 is 1. The lowest BCUT2D eigenvalue weighted by Gasteiger charge is -2.06. The van der Waals surface area contributed by atoms with Crippen LogP contribution in [0.15, 0.2) is 62.3 Å². The fourth-order valence-electron chi connectivity index (χ4n) is 2.33. The molecule has 1 unspecified atom stereocenters. The molecule has 6 nitrogen and oxygen atoms in total. The zero-order valence-corrected chi connectivity index (χ0v) is 15.1. The minimum Gasteiger partial charge on any atom is -0.497 e. The average molecular weight is 357 g/mol. The maximum atomic E-state index is 12.9. The summed E-state index contributed by atoms with van der Waals surface area (Å²) >= 11 is 0. The van der Waals surface area contributed by atoms with Crippen molar-refractivity contribution in [2.75, 3.05) is 13.4 Å². The third-order valence-electron chi connectivity index (χ3n) is 3.70. The van der Waals surface area contributed by atoms with E-state index < -0.39 is 9.73 Å². The first-order valence-corrected chi connectivity index (χ1v) is 9.62. The lowest BCUT2D eigenvalue weighted by molar-refractivity contribution is 0.394. The van der Waals surface area contributed by atoms with E-state index in [0.717, 1.165) is 16.9 Å². The number of hydrogen-bond acceptors (Lipinski definition) is 6. The van der Waals surface area contributed by atoms with Crippen molar-refractivity contribution in [1.29, 1.82) is 0 Å². The first-order chi connectivity index (χ1) is 12.0. The smallest absolute Gasteiger partial charge is 0.223 e. The summed E-state index contributed by atoms with van der Waals surface area (Å²) in [5.41, 5.74) is 1.78. The van der Waals surface area contributed by atoms with Crippen molar-refractivity contribution in [2.24, 2.45) is 4.36 Å². The van der Waals surface area contributed by atoms with Gasteiger partial charge in [0, 0.05) is 23.6 Å². The maximum absolute atomic E-state index is 12.9. The Bertz CT molecular complexity index is 987. The predicted molar refractivity (Wildman–Crippen MR) is 95.9 cm³/mol. The van der Waals surface area contributed by atoms with Gasteiger partial charge in [-0.3, -0.25) is 0 Å². The summed E-state index contributed by atoms with van der Waals surface area (Å²) < 4.78 is 27.4. The Morgan fingerprint density at radius 2 is 1.96 bits per heavy atom. The molecule has 7 heteroatoms. The van der Waals surface area contributed by atoms with Gasteiger partial charge in [-0.15, -0.1) is 0 Å². The van der Waals surface area contributed by atoms with E-state index in [0.29, 0.717) is 23.2 Å². The van der Waals surface area contributed by atoms with Gasteiger partial charge in [-0.05, 0) is 35.9 Å². The topological polar surface area (TPSA) is 77.6 Å². The van der Waals surface area contributed by atoms with E-state index >= 15 is 0 Å². The molecule has 0 aliphatic carbocycles. The Hall–Kier alpha value is -2.67. The summed E-state index contributed by atoms with van der Waals surface area (Å²) in [7, 11) is -0.889. The summed E-state index contributed by atoms with van der Waals surface area (Å²) in [5, 5.41) is 3.91. The summed E-state index contributed by atoms with van der Waals surface area (Å²) in [5.74, 6) is 1.77. The van der Waals surface area contributed by atoms with E-state index in [9.17, 15) is 4.21 Å². The van der Waals surface area contributed by atoms with E-state index in [1.807, 2.05) is 24.3 Å². The number of nitrogens with zero attached hydrogens (tertiary/aromatic N) is 3. The molecule has 0 amide bonds.